The monoisotopic (exact) mass is 397 g/mol. The Balaban J connectivity index is 1.47. The van der Waals surface area contributed by atoms with Crippen LogP contribution >= 0.6 is 0 Å². The summed E-state index contributed by atoms with van der Waals surface area (Å²) in [6, 6.07) is 12.4. The van der Waals surface area contributed by atoms with E-state index in [0.717, 1.165) is 24.5 Å². The number of aryl methyl sites for hydroxylation is 1. The second-order valence-electron chi connectivity index (χ2n) is 7.44. The Hall–Kier alpha value is -2.93. The summed E-state index contributed by atoms with van der Waals surface area (Å²) in [5.74, 6) is -1.21. The third-order valence-corrected chi connectivity index (χ3v) is 5.48. The van der Waals surface area contributed by atoms with Crippen molar-refractivity contribution in [1.82, 2.24) is 0 Å². The van der Waals surface area contributed by atoms with Crippen LogP contribution in [0.25, 0.3) is 0 Å². The van der Waals surface area contributed by atoms with Gasteiger partial charge in [0.05, 0.1) is 30.5 Å². The standard InChI is InChI=1S/C22H24FN3O3/c1-15-6-7-17(13-18(15)23)26-14-16(12-21(26)27)22(28)24-19-4-2-3-5-20(19)25-8-10-29-11-9-25/h2-7,13,16H,8-12,14H2,1H3,(H,24,28)/t16-/m1/s1. The van der Waals surface area contributed by atoms with Crippen molar-refractivity contribution < 1.29 is 18.7 Å². The van der Waals surface area contributed by atoms with Crippen molar-refractivity contribution in [3.63, 3.8) is 0 Å². The quantitative estimate of drug-likeness (QED) is 0.862. The molecule has 2 aliphatic rings. The lowest BCUT2D eigenvalue weighted by Gasteiger charge is -2.30. The van der Waals surface area contributed by atoms with Gasteiger partial charge in [-0.05, 0) is 36.8 Å². The minimum atomic E-state index is -0.482. The summed E-state index contributed by atoms with van der Waals surface area (Å²) >= 11 is 0. The molecule has 0 spiro atoms. The Bertz CT molecular complexity index is 927. The van der Waals surface area contributed by atoms with Crippen LogP contribution in [-0.2, 0) is 14.3 Å². The number of hydrogen-bond acceptors (Lipinski definition) is 4. The van der Waals surface area contributed by atoms with Gasteiger partial charge in [0.1, 0.15) is 5.82 Å². The van der Waals surface area contributed by atoms with E-state index < -0.39 is 5.92 Å². The molecule has 4 rings (SSSR count). The van der Waals surface area contributed by atoms with E-state index in [2.05, 4.69) is 10.2 Å². The van der Waals surface area contributed by atoms with Crippen molar-refractivity contribution in [3.8, 4) is 0 Å². The molecule has 0 unspecified atom stereocenters. The van der Waals surface area contributed by atoms with E-state index in [1.54, 1.807) is 19.1 Å². The zero-order valence-electron chi connectivity index (χ0n) is 16.4. The zero-order valence-corrected chi connectivity index (χ0v) is 16.4. The molecule has 152 valence electrons. The lowest BCUT2D eigenvalue weighted by atomic mass is 10.1. The van der Waals surface area contributed by atoms with Crippen LogP contribution in [0, 0.1) is 18.7 Å². The summed E-state index contributed by atoms with van der Waals surface area (Å²) in [6.07, 6.45) is 0.112. The molecule has 0 bridgehead atoms. The van der Waals surface area contributed by atoms with Gasteiger partial charge in [0, 0.05) is 31.7 Å². The van der Waals surface area contributed by atoms with Gasteiger partial charge in [-0.2, -0.15) is 0 Å². The summed E-state index contributed by atoms with van der Waals surface area (Å²) in [4.78, 5) is 29.0. The fourth-order valence-electron chi connectivity index (χ4n) is 3.78. The topological polar surface area (TPSA) is 61.9 Å². The molecule has 2 aromatic carbocycles. The van der Waals surface area contributed by atoms with Gasteiger partial charge in [-0.3, -0.25) is 9.59 Å². The fraction of sp³-hybridized carbons (Fsp3) is 0.364. The third-order valence-electron chi connectivity index (χ3n) is 5.48. The number of carbonyl (C=O) groups excluding carboxylic acids is 2. The maximum absolute atomic E-state index is 13.9. The number of anilines is 3. The minimum Gasteiger partial charge on any atom is -0.378 e. The summed E-state index contributed by atoms with van der Waals surface area (Å²) in [7, 11) is 0. The van der Waals surface area contributed by atoms with Crippen LogP contribution in [-0.4, -0.2) is 44.7 Å². The second-order valence-corrected chi connectivity index (χ2v) is 7.44. The van der Waals surface area contributed by atoms with Crippen LogP contribution in [0.5, 0.6) is 0 Å². The first kappa shape index (κ1) is 19.4. The summed E-state index contributed by atoms with van der Waals surface area (Å²) < 4.78 is 19.3. The van der Waals surface area contributed by atoms with Crippen LogP contribution in [0.2, 0.25) is 0 Å². The van der Waals surface area contributed by atoms with Crippen LogP contribution in [0.3, 0.4) is 0 Å². The van der Waals surface area contributed by atoms with E-state index in [9.17, 15) is 14.0 Å². The first-order valence-corrected chi connectivity index (χ1v) is 9.82. The lowest BCUT2D eigenvalue weighted by molar-refractivity contribution is -0.122. The van der Waals surface area contributed by atoms with Crippen molar-refractivity contribution in [2.75, 3.05) is 48.0 Å². The summed E-state index contributed by atoms with van der Waals surface area (Å²) in [5, 5.41) is 2.99. The Morgan fingerprint density at radius 2 is 1.93 bits per heavy atom. The Morgan fingerprint density at radius 1 is 1.17 bits per heavy atom. The van der Waals surface area contributed by atoms with E-state index in [-0.39, 0.29) is 30.6 Å². The van der Waals surface area contributed by atoms with Gasteiger partial charge in [-0.1, -0.05) is 18.2 Å². The Labute approximate surface area is 169 Å². The lowest BCUT2D eigenvalue weighted by Crippen LogP contribution is -2.37. The highest BCUT2D eigenvalue weighted by molar-refractivity contribution is 6.04. The Kier molecular flexibility index (Phi) is 5.49. The molecule has 0 radical (unpaired) electrons. The molecule has 0 aromatic heterocycles. The van der Waals surface area contributed by atoms with E-state index in [1.165, 1.54) is 11.0 Å². The van der Waals surface area contributed by atoms with Crippen LogP contribution in [0.1, 0.15) is 12.0 Å². The highest BCUT2D eigenvalue weighted by Gasteiger charge is 2.35. The van der Waals surface area contributed by atoms with Crippen LogP contribution in [0.4, 0.5) is 21.5 Å². The molecule has 1 atom stereocenters. The van der Waals surface area contributed by atoms with E-state index >= 15 is 0 Å². The number of nitrogens with zero attached hydrogens (tertiary/aromatic N) is 2. The van der Waals surface area contributed by atoms with Gasteiger partial charge in [-0.25, -0.2) is 4.39 Å². The number of hydrogen-bond donors (Lipinski definition) is 1. The van der Waals surface area contributed by atoms with Crippen molar-refractivity contribution in [2.24, 2.45) is 5.92 Å². The molecular weight excluding hydrogens is 373 g/mol. The molecule has 2 amide bonds. The van der Waals surface area contributed by atoms with Crippen molar-refractivity contribution in [2.45, 2.75) is 13.3 Å². The number of morpholine rings is 1. The largest absolute Gasteiger partial charge is 0.378 e. The van der Waals surface area contributed by atoms with Crippen molar-refractivity contribution in [1.29, 1.82) is 0 Å². The fourth-order valence-corrected chi connectivity index (χ4v) is 3.78. The van der Waals surface area contributed by atoms with Gasteiger partial charge < -0.3 is 19.9 Å². The molecule has 2 fully saturated rings. The Morgan fingerprint density at radius 3 is 2.69 bits per heavy atom. The molecule has 6 nitrogen and oxygen atoms in total. The third kappa shape index (κ3) is 4.10. The summed E-state index contributed by atoms with van der Waals surface area (Å²) in [5.41, 5.74) is 2.69. The first-order chi connectivity index (χ1) is 14.0. The highest BCUT2D eigenvalue weighted by Crippen LogP contribution is 2.30. The SMILES string of the molecule is Cc1ccc(N2C[C@H](C(=O)Nc3ccccc3N3CCOCC3)CC2=O)cc1F. The van der Waals surface area contributed by atoms with Crippen molar-refractivity contribution >= 4 is 28.9 Å². The molecule has 1 N–H and O–H groups in total. The highest BCUT2D eigenvalue weighted by atomic mass is 19.1. The van der Waals surface area contributed by atoms with Gasteiger partial charge in [0.2, 0.25) is 11.8 Å². The molecule has 0 aliphatic carbocycles. The molecular formula is C22H24FN3O3. The number of benzene rings is 2. The molecule has 0 saturated carbocycles. The predicted molar refractivity (Wildman–Crippen MR) is 110 cm³/mol. The smallest absolute Gasteiger partial charge is 0.229 e. The maximum atomic E-state index is 13.9. The van der Waals surface area contributed by atoms with Gasteiger partial charge in [0.25, 0.3) is 0 Å². The number of amides is 2. The van der Waals surface area contributed by atoms with Crippen molar-refractivity contribution in [3.05, 3.63) is 53.8 Å². The number of rotatable bonds is 4. The normalized spacial score (nSPS) is 19.5. The number of carbonyl (C=O) groups is 2. The van der Waals surface area contributed by atoms with Gasteiger partial charge in [-0.15, -0.1) is 0 Å². The zero-order chi connectivity index (χ0) is 20.4. The number of halogens is 1. The van der Waals surface area contributed by atoms with E-state index in [1.807, 2.05) is 24.3 Å². The van der Waals surface area contributed by atoms with Crippen LogP contribution in [0.15, 0.2) is 42.5 Å². The molecule has 2 heterocycles. The summed E-state index contributed by atoms with van der Waals surface area (Å²) in [6.45, 7) is 4.76. The predicted octanol–water partition coefficient (Wildman–Crippen LogP) is 2.96. The first-order valence-electron chi connectivity index (χ1n) is 9.82. The molecule has 29 heavy (non-hydrogen) atoms. The molecule has 2 saturated heterocycles. The van der Waals surface area contributed by atoms with Crippen LogP contribution < -0.4 is 15.1 Å². The van der Waals surface area contributed by atoms with E-state index in [0.29, 0.717) is 24.5 Å². The average Bonchev–Trinajstić information content (AvgIpc) is 3.13. The molecule has 7 heteroatoms. The van der Waals surface area contributed by atoms with Gasteiger partial charge in [0.15, 0.2) is 0 Å². The number of ether oxygens (including phenoxy) is 1. The minimum absolute atomic E-state index is 0.112. The number of para-hydroxylation sites is 2. The molecule has 2 aliphatic heterocycles. The van der Waals surface area contributed by atoms with Gasteiger partial charge >= 0.3 is 0 Å². The van der Waals surface area contributed by atoms with E-state index in [4.69, 9.17) is 4.74 Å². The maximum Gasteiger partial charge on any atom is 0.229 e. The molecule has 2 aromatic rings. The number of nitrogens with one attached hydrogen (secondary N) is 1. The second kappa shape index (κ2) is 8.21. The average molecular weight is 397 g/mol.